The minimum absolute atomic E-state index is 0.218. The molecule has 29 heavy (non-hydrogen) atoms. The van der Waals surface area contributed by atoms with E-state index >= 15 is 0 Å². The zero-order valence-electron chi connectivity index (χ0n) is 16.3. The van der Waals surface area contributed by atoms with Gasteiger partial charge in [0.2, 0.25) is 10.0 Å². The summed E-state index contributed by atoms with van der Waals surface area (Å²) in [5.74, 6) is -0.218. The Labute approximate surface area is 175 Å². The lowest BCUT2D eigenvalue weighted by molar-refractivity contribution is 0.0985. The van der Waals surface area contributed by atoms with E-state index in [2.05, 4.69) is 4.98 Å². The maximum Gasteiger partial charge on any atom is 0.276 e. The van der Waals surface area contributed by atoms with E-state index < -0.39 is 10.0 Å². The highest BCUT2D eigenvalue weighted by Crippen LogP contribution is 2.34. The predicted molar refractivity (Wildman–Crippen MR) is 115 cm³/mol. The molecule has 0 aliphatic carbocycles. The molecule has 0 spiro atoms. The van der Waals surface area contributed by atoms with Crippen molar-refractivity contribution in [2.45, 2.75) is 25.2 Å². The summed E-state index contributed by atoms with van der Waals surface area (Å²) in [4.78, 5) is 18.2. The van der Waals surface area contributed by atoms with Crippen molar-refractivity contribution in [1.29, 1.82) is 0 Å². The molecule has 1 aliphatic rings. The molecule has 0 bridgehead atoms. The number of aromatic nitrogens is 1. The maximum atomic E-state index is 13.2. The molecule has 1 N–H and O–H groups in total. The number of rotatable bonds is 5. The number of hydrogen-bond acceptors (Lipinski definition) is 3. The van der Waals surface area contributed by atoms with Gasteiger partial charge in [0.25, 0.3) is 5.91 Å². The summed E-state index contributed by atoms with van der Waals surface area (Å²) in [7, 11) is -3.53. The number of hydrogen-bond donors (Lipinski definition) is 1. The number of nitrogens with zero attached hydrogens (tertiary/aromatic N) is 2. The highest BCUT2D eigenvalue weighted by atomic mass is 35.5. The Morgan fingerprint density at radius 3 is 2.59 bits per heavy atom. The van der Waals surface area contributed by atoms with Crippen molar-refractivity contribution >= 4 is 44.1 Å². The fraction of sp³-hybridized carbons (Fsp3) is 0.286. The number of para-hydroxylation sites is 1. The number of sulfonamides is 1. The van der Waals surface area contributed by atoms with Crippen molar-refractivity contribution < 1.29 is 13.2 Å². The zero-order chi connectivity index (χ0) is 20.8. The van der Waals surface area contributed by atoms with Crippen molar-refractivity contribution in [3.63, 3.8) is 0 Å². The molecule has 0 fully saturated rings. The molecule has 152 valence electrons. The lowest BCUT2D eigenvalue weighted by Gasteiger charge is -2.20. The number of fused-ring (bicyclic) bond motifs is 2. The second-order valence-electron chi connectivity index (χ2n) is 6.95. The smallest absolute Gasteiger partial charge is 0.276 e. The average molecular weight is 432 g/mol. The molecule has 1 amide bonds. The van der Waals surface area contributed by atoms with E-state index in [-0.39, 0.29) is 10.8 Å². The average Bonchev–Trinajstić information content (AvgIpc) is 3.29. The second-order valence-corrected chi connectivity index (χ2v) is 9.26. The molecule has 0 radical (unpaired) electrons. The molecule has 0 saturated carbocycles. The van der Waals surface area contributed by atoms with Crippen molar-refractivity contribution in [1.82, 2.24) is 9.29 Å². The molecule has 3 aromatic rings. The first-order valence-electron chi connectivity index (χ1n) is 9.59. The standard InChI is InChI=1S/C21H22ClN3O3S/c1-3-24(4-2)29(27,28)15-9-10-18-14(13-15)11-12-25(18)21(26)20-19(22)16-7-5-6-8-17(16)23-20/h5-10,13,23H,3-4,11-12H2,1-2H3. The van der Waals surface area contributed by atoms with Gasteiger partial charge < -0.3 is 9.88 Å². The molecule has 2 aromatic carbocycles. The van der Waals surface area contributed by atoms with Gasteiger partial charge in [-0.15, -0.1) is 0 Å². The van der Waals surface area contributed by atoms with Gasteiger partial charge in [-0.2, -0.15) is 4.31 Å². The molecular weight excluding hydrogens is 410 g/mol. The SMILES string of the molecule is CCN(CC)S(=O)(=O)c1ccc2c(c1)CCN2C(=O)c1[nH]c2ccccc2c1Cl. The minimum Gasteiger partial charge on any atom is -0.349 e. The maximum absolute atomic E-state index is 13.2. The molecule has 0 atom stereocenters. The van der Waals surface area contributed by atoms with Crippen LogP contribution >= 0.6 is 11.6 Å². The van der Waals surface area contributed by atoms with Crippen LogP contribution in [0.25, 0.3) is 10.9 Å². The minimum atomic E-state index is -3.53. The van der Waals surface area contributed by atoms with Crippen molar-refractivity contribution in [2.75, 3.05) is 24.5 Å². The van der Waals surface area contributed by atoms with Crippen LogP contribution in [0.5, 0.6) is 0 Å². The van der Waals surface area contributed by atoms with Gasteiger partial charge in [0, 0.05) is 36.2 Å². The van der Waals surface area contributed by atoms with Gasteiger partial charge in [-0.25, -0.2) is 8.42 Å². The fourth-order valence-electron chi connectivity index (χ4n) is 3.85. The van der Waals surface area contributed by atoms with Crippen LogP contribution in [-0.2, 0) is 16.4 Å². The molecule has 2 heterocycles. The molecule has 1 aromatic heterocycles. The topological polar surface area (TPSA) is 73.5 Å². The summed E-state index contributed by atoms with van der Waals surface area (Å²) >= 11 is 6.45. The third kappa shape index (κ3) is 3.23. The van der Waals surface area contributed by atoms with Crippen molar-refractivity contribution in [3.8, 4) is 0 Å². The number of aromatic amines is 1. The molecular formula is C21H22ClN3O3S. The number of carbonyl (C=O) groups excluding carboxylic acids is 1. The number of carbonyl (C=O) groups is 1. The van der Waals surface area contributed by atoms with Gasteiger partial charge in [0.15, 0.2) is 0 Å². The summed E-state index contributed by atoms with van der Waals surface area (Å²) in [6, 6.07) is 12.5. The molecule has 1 aliphatic heterocycles. The molecule has 0 saturated heterocycles. The molecule has 4 rings (SSSR count). The summed E-state index contributed by atoms with van der Waals surface area (Å²) in [5, 5.41) is 1.21. The number of nitrogens with one attached hydrogen (secondary N) is 1. The monoisotopic (exact) mass is 431 g/mol. The van der Waals surface area contributed by atoms with Crippen LogP contribution in [0.3, 0.4) is 0 Å². The summed E-state index contributed by atoms with van der Waals surface area (Å²) in [6.45, 7) is 4.95. The van der Waals surface area contributed by atoms with Gasteiger partial charge in [-0.3, -0.25) is 4.79 Å². The molecule has 6 nitrogen and oxygen atoms in total. The van der Waals surface area contributed by atoms with Crippen LogP contribution in [0.4, 0.5) is 5.69 Å². The first-order valence-corrected chi connectivity index (χ1v) is 11.4. The first-order chi connectivity index (χ1) is 13.9. The van der Waals surface area contributed by atoms with Gasteiger partial charge in [0.05, 0.1) is 9.92 Å². The quantitative estimate of drug-likeness (QED) is 0.662. The highest BCUT2D eigenvalue weighted by Gasteiger charge is 2.30. The Kier molecular flexibility index (Phi) is 5.14. The fourth-order valence-corrected chi connectivity index (χ4v) is 5.65. The summed E-state index contributed by atoms with van der Waals surface area (Å²) in [5.41, 5.74) is 2.73. The van der Waals surface area contributed by atoms with E-state index in [1.54, 1.807) is 23.1 Å². The Hall–Kier alpha value is -2.35. The molecule has 8 heteroatoms. The van der Waals surface area contributed by atoms with Crippen molar-refractivity contribution in [2.24, 2.45) is 0 Å². The zero-order valence-corrected chi connectivity index (χ0v) is 17.8. The van der Waals surface area contributed by atoms with Crippen LogP contribution in [0, 0.1) is 0 Å². The lowest BCUT2D eigenvalue weighted by Crippen LogP contribution is -2.31. The van der Waals surface area contributed by atoms with E-state index in [4.69, 9.17) is 11.6 Å². The van der Waals surface area contributed by atoms with Crippen molar-refractivity contribution in [3.05, 3.63) is 58.7 Å². The van der Waals surface area contributed by atoms with Crippen LogP contribution in [0.1, 0.15) is 29.9 Å². The first kappa shape index (κ1) is 19.9. The van der Waals surface area contributed by atoms with E-state index in [9.17, 15) is 13.2 Å². The van der Waals surface area contributed by atoms with Crippen LogP contribution in [0.2, 0.25) is 5.02 Å². The predicted octanol–water partition coefficient (Wildman–Crippen LogP) is 4.05. The number of anilines is 1. The van der Waals surface area contributed by atoms with Gasteiger partial charge in [0.1, 0.15) is 5.69 Å². The Morgan fingerprint density at radius 2 is 1.90 bits per heavy atom. The lowest BCUT2D eigenvalue weighted by atomic mass is 10.2. The Morgan fingerprint density at radius 1 is 1.17 bits per heavy atom. The second kappa shape index (κ2) is 7.48. The largest absolute Gasteiger partial charge is 0.349 e. The van der Waals surface area contributed by atoms with Gasteiger partial charge in [-0.1, -0.05) is 43.6 Å². The third-order valence-electron chi connectivity index (χ3n) is 5.39. The van der Waals surface area contributed by atoms with E-state index in [0.29, 0.717) is 36.8 Å². The number of halogens is 1. The summed E-state index contributed by atoms with van der Waals surface area (Å²) < 4.78 is 27.0. The molecule has 0 unspecified atom stereocenters. The van der Waals surface area contributed by atoms with Crippen LogP contribution in [0.15, 0.2) is 47.4 Å². The number of benzene rings is 2. The van der Waals surface area contributed by atoms with Gasteiger partial charge >= 0.3 is 0 Å². The van der Waals surface area contributed by atoms with E-state index in [1.807, 2.05) is 38.1 Å². The summed E-state index contributed by atoms with van der Waals surface area (Å²) in [6.07, 6.45) is 0.598. The normalized spacial score (nSPS) is 14.0. The highest BCUT2D eigenvalue weighted by molar-refractivity contribution is 7.89. The Balaban J connectivity index is 1.69. The van der Waals surface area contributed by atoms with E-state index in [0.717, 1.165) is 22.2 Å². The third-order valence-corrected chi connectivity index (χ3v) is 7.83. The van der Waals surface area contributed by atoms with Gasteiger partial charge in [-0.05, 0) is 36.2 Å². The number of amides is 1. The Bertz CT molecular complexity index is 1200. The number of H-pyrrole nitrogens is 1. The van der Waals surface area contributed by atoms with Crippen LogP contribution < -0.4 is 4.90 Å². The van der Waals surface area contributed by atoms with E-state index in [1.165, 1.54) is 4.31 Å². The van der Waals surface area contributed by atoms with Crippen LogP contribution in [-0.4, -0.2) is 43.2 Å².